The number of nitrogens with zero attached hydrogens (tertiary/aromatic N) is 1. The number of hydrogen-bond acceptors (Lipinski definition) is 4. The minimum Gasteiger partial charge on any atom is -0.493 e. The molecule has 0 aliphatic carbocycles. The van der Waals surface area contributed by atoms with Gasteiger partial charge in [-0.15, -0.1) is 0 Å². The van der Waals surface area contributed by atoms with Crippen LogP contribution in [0.4, 0.5) is 5.69 Å². The number of para-hydroxylation sites is 2. The first-order chi connectivity index (χ1) is 12.1. The minimum atomic E-state index is -0.0973. The van der Waals surface area contributed by atoms with Crippen LogP contribution in [0.2, 0.25) is 0 Å². The van der Waals surface area contributed by atoms with E-state index in [4.69, 9.17) is 17.0 Å². The normalized spacial score (nSPS) is 16.1. The van der Waals surface area contributed by atoms with Crippen LogP contribution in [0, 0.1) is 5.92 Å². The van der Waals surface area contributed by atoms with Gasteiger partial charge < -0.3 is 4.74 Å². The molecule has 0 spiro atoms. The Balaban J connectivity index is 1.88. The van der Waals surface area contributed by atoms with E-state index in [1.165, 1.54) is 11.8 Å². The van der Waals surface area contributed by atoms with Crippen LogP contribution in [-0.2, 0) is 4.79 Å². The second-order valence-corrected chi connectivity index (χ2v) is 7.77. The third kappa shape index (κ3) is 4.11. The second kappa shape index (κ2) is 7.85. The van der Waals surface area contributed by atoms with Gasteiger partial charge in [-0.2, -0.15) is 0 Å². The Kier molecular flexibility index (Phi) is 5.56. The van der Waals surface area contributed by atoms with Crippen molar-refractivity contribution in [3.8, 4) is 5.75 Å². The number of ether oxygens (including phenoxy) is 1. The highest BCUT2D eigenvalue weighted by Gasteiger charge is 2.33. The molecule has 128 valence electrons. The van der Waals surface area contributed by atoms with E-state index in [0.29, 0.717) is 21.8 Å². The molecule has 1 saturated heterocycles. The molecule has 2 aromatic carbocycles. The zero-order valence-corrected chi connectivity index (χ0v) is 15.8. The van der Waals surface area contributed by atoms with Crippen LogP contribution in [0.3, 0.4) is 0 Å². The summed E-state index contributed by atoms with van der Waals surface area (Å²) in [6.45, 7) is 4.84. The lowest BCUT2D eigenvalue weighted by molar-refractivity contribution is -0.113. The van der Waals surface area contributed by atoms with Crippen molar-refractivity contribution in [2.75, 3.05) is 11.5 Å². The Morgan fingerprint density at radius 1 is 1.12 bits per heavy atom. The van der Waals surface area contributed by atoms with E-state index < -0.39 is 0 Å². The van der Waals surface area contributed by atoms with E-state index in [0.717, 1.165) is 17.0 Å². The summed E-state index contributed by atoms with van der Waals surface area (Å²) in [5.74, 6) is 1.12. The van der Waals surface area contributed by atoms with Crippen LogP contribution in [0.15, 0.2) is 59.5 Å². The summed E-state index contributed by atoms with van der Waals surface area (Å²) in [4.78, 5) is 15.0. The summed E-state index contributed by atoms with van der Waals surface area (Å²) in [6, 6.07) is 17.2. The Morgan fingerprint density at radius 2 is 1.80 bits per heavy atom. The Hall–Kier alpha value is -2.11. The van der Waals surface area contributed by atoms with Gasteiger partial charge in [0.05, 0.1) is 17.2 Å². The van der Waals surface area contributed by atoms with E-state index in [9.17, 15) is 4.79 Å². The van der Waals surface area contributed by atoms with Crippen LogP contribution in [0.1, 0.15) is 19.4 Å². The molecule has 3 nitrogen and oxygen atoms in total. The number of amides is 1. The van der Waals surface area contributed by atoms with Gasteiger partial charge in [-0.05, 0) is 30.2 Å². The molecular formula is C20H19NO2S2. The topological polar surface area (TPSA) is 29.5 Å². The van der Waals surface area contributed by atoms with Gasteiger partial charge >= 0.3 is 0 Å². The SMILES string of the molecule is CC(C)COc1ccccc1/C=C1\SC(=S)N(c2ccccc2)C1=O. The molecule has 0 radical (unpaired) electrons. The monoisotopic (exact) mass is 369 g/mol. The lowest BCUT2D eigenvalue weighted by Crippen LogP contribution is -2.27. The summed E-state index contributed by atoms with van der Waals surface area (Å²) in [5, 5.41) is 0. The van der Waals surface area contributed by atoms with Crippen molar-refractivity contribution in [2.24, 2.45) is 5.92 Å². The summed E-state index contributed by atoms with van der Waals surface area (Å²) in [6.07, 6.45) is 1.86. The van der Waals surface area contributed by atoms with Crippen LogP contribution in [-0.4, -0.2) is 16.8 Å². The molecule has 0 N–H and O–H groups in total. The summed E-state index contributed by atoms with van der Waals surface area (Å²) < 4.78 is 6.42. The zero-order valence-electron chi connectivity index (χ0n) is 14.1. The quantitative estimate of drug-likeness (QED) is 0.540. The number of thioether (sulfide) groups is 1. The van der Waals surface area contributed by atoms with Crippen molar-refractivity contribution in [1.29, 1.82) is 0 Å². The maximum absolute atomic E-state index is 12.8. The molecule has 1 heterocycles. The van der Waals surface area contributed by atoms with Crippen molar-refractivity contribution >= 4 is 46.0 Å². The molecule has 5 heteroatoms. The van der Waals surface area contributed by atoms with Gasteiger partial charge in [0, 0.05) is 5.56 Å². The first kappa shape index (κ1) is 17.7. The molecule has 2 aromatic rings. The van der Waals surface area contributed by atoms with Gasteiger partial charge in [0.2, 0.25) is 0 Å². The maximum atomic E-state index is 12.8. The van der Waals surface area contributed by atoms with E-state index in [1.54, 1.807) is 4.90 Å². The van der Waals surface area contributed by atoms with Crippen LogP contribution >= 0.6 is 24.0 Å². The predicted molar refractivity (Wildman–Crippen MR) is 109 cm³/mol. The van der Waals surface area contributed by atoms with E-state index in [1.807, 2.05) is 60.7 Å². The van der Waals surface area contributed by atoms with Gasteiger partial charge in [0.15, 0.2) is 4.32 Å². The predicted octanol–water partition coefficient (Wildman–Crippen LogP) is 5.13. The lowest BCUT2D eigenvalue weighted by Gasteiger charge is -2.14. The second-order valence-electron chi connectivity index (χ2n) is 6.10. The highest BCUT2D eigenvalue weighted by Crippen LogP contribution is 2.37. The molecule has 1 aliphatic rings. The zero-order chi connectivity index (χ0) is 17.8. The van der Waals surface area contributed by atoms with Crippen LogP contribution in [0.5, 0.6) is 5.75 Å². The summed E-state index contributed by atoms with van der Waals surface area (Å²) in [7, 11) is 0. The van der Waals surface area contributed by atoms with Crippen LogP contribution < -0.4 is 9.64 Å². The lowest BCUT2D eigenvalue weighted by atomic mass is 10.1. The summed E-state index contributed by atoms with van der Waals surface area (Å²) >= 11 is 6.73. The minimum absolute atomic E-state index is 0.0973. The number of hydrogen-bond donors (Lipinski definition) is 0. The standard InChI is InChI=1S/C20H19NO2S2/c1-14(2)13-23-17-11-7-6-8-15(17)12-18-19(22)21(20(24)25-18)16-9-4-3-5-10-16/h3-12,14H,13H2,1-2H3/b18-12-. The first-order valence-corrected chi connectivity index (χ1v) is 9.33. The van der Waals surface area contributed by atoms with E-state index in [2.05, 4.69) is 13.8 Å². The Bertz CT molecular complexity index is 815. The van der Waals surface area contributed by atoms with Gasteiger partial charge in [-0.1, -0.05) is 74.2 Å². The van der Waals surface area contributed by atoms with Gasteiger partial charge in [0.25, 0.3) is 5.91 Å². The number of rotatable bonds is 5. The van der Waals surface area contributed by atoms with Crippen molar-refractivity contribution in [3.63, 3.8) is 0 Å². The van der Waals surface area contributed by atoms with Gasteiger partial charge in [-0.25, -0.2) is 0 Å². The summed E-state index contributed by atoms with van der Waals surface area (Å²) in [5.41, 5.74) is 1.68. The molecular weight excluding hydrogens is 350 g/mol. The largest absolute Gasteiger partial charge is 0.493 e. The molecule has 0 saturated carbocycles. The molecule has 1 amide bonds. The molecule has 1 aliphatic heterocycles. The molecule has 0 bridgehead atoms. The fourth-order valence-corrected chi connectivity index (χ4v) is 3.69. The molecule has 3 rings (SSSR count). The number of anilines is 1. The smallest absolute Gasteiger partial charge is 0.270 e. The van der Waals surface area contributed by atoms with Crippen LogP contribution in [0.25, 0.3) is 6.08 Å². The first-order valence-electron chi connectivity index (χ1n) is 8.11. The number of carbonyl (C=O) groups is 1. The average Bonchev–Trinajstić information content (AvgIpc) is 2.88. The molecule has 1 fully saturated rings. The highest BCUT2D eigenvalue weighted by atomic mass is 32.2. The Labute approximate surface area is 157 Å². The molecule has 25 heavy (non-hydrogen) atoms. The van der Waals surface area contributed by atoms with E-state index >= 15 is 0 Å². The fraction of sp³-hybridized carbons (Fsp3) is 0.200. The third-order valence-electron chi connectivity index (χ3n) is 3.59. The maximum Gasteiger partial charge on any atom is 0.270 e. The number of benzene rings is 2. The number of carbonyl (C=O) groups excluding carboxylic acids is 1. The van der Waals surface area contributed by atoms with Crippen molar-refractivity contribution < 1.29 is 9.53 Å². The number of thiocarbonyl (C=S) groups is 1. The molecule has 0 atom stereocenters. The molecule has 0 unspecified atom stereocenters. The van der Waals surface area contributed by atoms with Crippen molar-refractivity contribution in [1.82, 2.24) is 0 Å². The Morgan fingerprint density at radius 3 is 2.52 bits per heavy atom. The third-order valence-corrected chi connectivity index (χ3v) is 4.89. The highest BCUT2D eigenvalue weighted by molar-refractivity contribution is 8.27. The van der Waals surface area contributed by atoms with E-state index in [-0.39, 0.29) is 5.91 Å². The average molecular weight is 370 g/mol. The van der Waals surface area contributed by atoms with Crippen molar-refractivity contribution in [2.45, 2.75) is 13.8 Å². The molecule has 0 aromatic heterocycles. The van der Waals surface area contributed by atoms with Gasteiger partial charge in [-0.3, -0.25) is 9.69 Å². The van der Waals surface area contributed by atoms with Gasteiger partial charge in [0.1, 0.15) is 5.75 Å². The fourth-order valence-electron chi connectivity index (χ4n) is 2.40. The van der Waals surface area contributed by atoms with Crippen molar-refractivity contribution in [3.05, 3.63) is 65.1 Å².